The molecule has 15 rings (SSSR count). The Bertz CT molecular complexity index is 4050. The highest BCUT2D eigenvalue weighted by atomic mass is 16.3. The molecule has 3 heteroatoms. The number of hydrogen-bond acceptors (Lipinski definition) is 3. The summed E-state index contributed by atoms with van der Waals surface area (Å²) in [6, 6.07) is 78.0. The minimum Gasteiger partial charge on any atom is -0.456 e. The van der Waals surface area contributed by atoms with Gasteiger partial charge >= 0.3 is 0 Å². The minimum absolute atomic E-state index is 0.286. The summed E-state index contributed by atoms with van der Waals surface area (Å²) in [5.41, 5.74) is 19.3. The maximum absolute atomic E-state index is 7.27. The van der Waals surface area contributed by atoms with E-state index in [0.717, 1.165) is 84.9 Å². The molecule has 3 atom stereocenters. The van der Waals surface area contributed by atoms with Crippen LogP contribution in [0.15, 0.2) is 233 Å². The van der Waals surface area contributed by atoms with Gasteiger partial charge in [-0.2, -0.15) is 0 Å². The molecule has 0 aliphatic heterocycles. The standard InChI is InChI=1S/C65H43NO2/c1-2-16-40(17-3-1)41-32-34-43(35-33-41)66(44-36-37-49-48-23-8-12-28-55(48)65(56(49)38-44)53-26-10-6-21-46(53)47-22-7-11-27-54(47)65)57-29-15-31-59-61(57)52-39-60-62(51-24-9-13-30-58(51)67-60)63(64(52)68-59)50-25-14-19-42-18-4-5-20-45(42)50/h1-21,23-26,28-39,47,54H,22,27H2. The van der Waals surface area contributed by atoms with Crippen molar-refractivity contribution in [3.63, 3.8) is 0 Å². The summed E-state index contributed by atoms with van der Waals surface area (Å²) in [7, 11) is 0. The quantitative estimate of drug-likeness (QED) is 0.161. The van der Waals surface area contributed by atoms with E-state index in [1.54, 1.807) is 0 Å². The van der Waals surface area contributed by atoms with Gasteiger partial charge in [0.05, 0.1) is 16.5 Å². The van der Waals surface area contributed by atoms with Crippen molar-refractivity contribution in [2.45, 2.75) is 24.2 Å². The third kappa shape index (κ3) is 5.13. The molecule has 12 aromatic rings. The highest BCUT2D eigenvalue weighted by Crippen LogP contribution is 2.67. The Labute approximate surface area is 393 Å². The molecule has 0 saturated heterocycles. The van der Waals surface area contributed by atoms with Crippen LogP contribution in [0, 0.1) is 5.92 Å². The molecule has 0 fully saturated rings. The van der Waals surface area contributed by atoms with Crippen LogP contribution in [0.1, 0.15) is 41.0 Å². The molecule has 10 aromatic carbocycles. The van der Waals surface area contributed by atoms with Crippen LogP contribution in [0.5, 0.6) is 0 Å². The molecule has 0 radical (unpaired) electrons. The molecule has 3 aliphatic rings. The van der Waals surface area contributed by atoms with Crippen molar-refractivity contribution in [3.8, 4) is 33.4 Å². The molecule has 3 unspecified atom stereocenters. The fourth-order valence-corrected chi connectivity index (χ4v) is 13.0. The Hall–Kier alpha value is -8.40. The molecular formula is C65H43NO2. The maximum atomic E-state index is 7.27. The molecule has 0 saturated carbocycles. The zero-order valence-corrected chi connectivity index (χ0v) is 37.2. The van der Waals surface area contributed by atoms with Crippen LogP contribution < -0.4 is 4.90 Å². The highest BCUT2D eigenvalue weighted by Gasteiger charge is 2.57. The van der Waals surface area contributed by atoms with Crippen LogP contribution >= 0.6 is 0 Å². The van der Waals surface area contributed by atoms with E-state index in [2.05, 4.69) is 229 Å². The van der Waals surface area contributed by atoms with E-state index in [1.165, 1.54) is 55.3 Å². The maximum Gasteiger partial charge on any atom is 0.144 e. The Balaban J connectivity index is 1.02. The van der Waals surface area contributed by atoms with Crippen molar-refractivity contribution in [1.82, 2.24) is 0 Å². The van der Waals surface area contributed by atoms with Crippen molar-refractivity contribution in [2.24, 2.45) is 5.92 Å². The van der Waals surface area contributed by atoms with Crippen LogP contribution in [0.4, 0.5) is 17.1 Å². The van der Waals surface area contributed by atoms with Crippen molar-refractivity contribution >= 4 is 71.7 Å². The van der Waals surface area contributed by atoms with Gasteiger partial charge in [0.25, 0.3) is 0 Å². The average Bonchev–Trinajstić information content (AvgIpc) is 4.14. The zero-order valence-electron chi connectivity index (χ0n) is 37.2. The number of allylic oxidation sites excluding steroid dienone is 2. The largest absolute Gasteiger partial charge is 0.456 e. The van der Waals surface area contributed by atoms with Gasteiger partial charge in [0.1, 0.15) is 22.3 Å². The molecule has 3 nitrogen and oxygen atoms in total. The number of anilines is 3. The Morgan fingerprint density at radius 1 is 0.426 bits per heavy atom. The third-order valence-corrected chi connectivity index (χ3v) is 15.7. The first-order valence-electron chi connectivity index (χ1n) is 24.0. The van der Waals surface area contributed by atoms with Gasteiger partial charge in [0.15, 0.2) is 0 Å². The summed E-state index contributed by atoms with van der Waals surface area (Å²) in [6.07, 6.45) is 6.96. The molecule has 2 heterocycles. The number of fused-ring (bicyclic) bond motifs is 17. The van der Waals surface area contributed by atoms with Gasteiger partial charge in [-0.25, -0.2) is 0 Å². The summed E-state index contributed by atoms with van der Waals surface area (Å²) in [5, 5.41) is 6.55. The lowest BCUT2D eigenvalue weighted by Crippen LogP contribution is -2.34. The summed E-state index contributed by atoms with van der Waals surface area (Å²) in [6.45, 7) is 0. The van der Waals surface area contributed by atoms with Gasteiger partial charge in [0, 0.05) is 33.1 Å². The molecule has 2 aromatic heterocycles. The molecule has 320 valence electrons. The van der Waals surface area contributed by atoms with E-state index < -0.39 is 0 Å². The van der Waals surface area contributed by atoms with Gasteiger partial charge in [-0.15, -0.1) is 0 Å². The first-order chi connectivity index (χ1) is 33.7. The normalized spacial score (nSPS) is 17.9. The van der Waals surface area contributed by atoms with E-state index in [4.69, 9.17) is 8.83 Å². The number of hydrogen-bond donors (Lipinski definition) is 0. The lowest BCUT2D eigenvalue weighted by molar-refractivity contribution is 0.345. The zero-order chi connectivity index (χ0) is 44.5. The van der Waals surface area contributed by atoms with E-state index in [1.807, 2.05) is 0 Å². The Morgan fingerprint density at radius 3 is 2.01 bits per heavy atom. The molecule has 1 spiro atoms. The highest BCUT2D eigenvalue weighted by molar-refractivity contribution is 6.27. The molecule has 0 N–H and O–H groups in total. The summed E-state index contributed by atoms with van der Waals surface area (Å²) in [4.78, 5) is 2.47. The van der Waals surface area contributed by atoms with Gasteiger partial charge < -0.3 is 13.7 Å². The van der Waals surface area contributed by atoms with Gasteiger partial charge in [-0.3, -0.25) is 0 Å². The van der Waals surface area contributed by atoms with Crippen LogP contribution in [-0.4, -0.2) is 0 Å². The summed E-state index contributed by atoms with van der Waals surface area (Å²) < 4.78 is 14.1. The number of rotatable bonds is 5. The van der Waals surface area contributed by atoms with Crippen molar-refractivity contribution in [1.29, 1.82) is 0 Å². The van der Waals surface area contributed by atoms with Gasteiger partial charge in [-0.1, -0.05) is 176 Å². The second kappa shape index (κ2) is 14.3. The predicted octanol–water partition coefficient (Wildman–Crippen LogP) is 17.8. The summed E-state index contributed by atoms with van der Waals surface area (Å²) >= 11 is 0. The van der Waals surface area contributed by atoms with Crippen LogP contribution in [-0.2, 0) is 5.41 Å². The Kier molecular flexibility index (Phi) is 7.95. The molecule has 3 aliphatic carbocycles. The lowest BCUT2D eigenvalue weighted by Gasteiger charge is -2.38. The predicted molar refractivity (Wildman–Crippen MR) is 280 cm³/mol. The number of para-hydroxylation sites is 1. The SMILES string of the molecule is C1=CCC2C(C1)c1ccccc1C21c2ccccc2-c2ccc(N(c3ccc(-c4ccccc4)cc3)c3cccc4oc5c(-c6cccc7ccccc67)c6c(cc5c34)oc3ccccc36)cc21. The van der Waals surface area contributed by atoms with Crippen molar-refractivity contribution in [3.05, 3.63) is 247 Å². The number of nitrogens with zero attached hydrogens (tertiary/aromatic N) is 1. The first-order valence-corrected chi connectivity index (χ1v) is 24.0. The van der Waals surface area contributed by atoms with E-state index in [-0.39, 0.29) is 5.41 Å². The molecule has 68 heavy (non-hydrogen) atoms. The van der Waals surface area contributed by atoms with Gasteiger partial charge in [-0.05, 0) is 134 Å². The van der Waals surface area contributed by atoms with Crippen LogP contribution in [0.2, 0.25) is 0 Å². The van der Waals surface area contributed by atoms with E-state index in [0.29, 0.717) is 11.8 Å². The van der Waals surface area contributed by atoms with E-state index in [9.17, 15) is 0 Å². The topological polar surface area (TPSA) is 29.5 Å². The second-order valence-corrected chi connectivity index (χ2v) is 19.0. The van der Waals surface area contributed by atoms with Crippen LogP contribution in [0.25, 0.3) is 88.0 Å². The average molecular weight is 870 g/mol. The van der Waals surface area contributed by atoms with E-state index >= 15 is 0 Å². The van der Waals surface area contributed by atoms with Crippen molar-refractivity contribution < 1.29 is 8.83 Å². The van der Waals surface area contributed by atoms with Gasteiger partial charge in [0.2, 0.25) is 0 Å². The number of benzene rings is 10. The fraction of sp³-hybridized carbons (Fsp3) is 0.0769. The van der Waals surface area contributed by atoms with Crippen molar-refractivity contribution in [2.75, 3.05) is 4.90 Å². The molecule has 0 bridgehead atoms. The third-order valence-electron chi connectivity index (χ3n) is 15.7. The Morgan fingerprint density at radius 2 is 1.10 bits per heavy atom. The minimum atomic E-state index is -0.286. The monoisotopic (exact) mass is 869 g/mol. The smallest absolute Gasteiger partial charge is 0.144 e. The summed E-state index contributed by atoms with van der Waals surface area (Å²) in [5.74, 6) is 0.860. The molecule has 0 amide bonds. The first kappa shape index (κ1) is 37.8. The fourth-order valence-electron chi connectivity index (χ4n) is 13.0. The lowest BCUT2D eigenvalue weighted by atomic mass is 9.64. The molecular weight excluding hydrogens is 827 g/mol. The second-order valence-electron chi connectivity index (χ2n) is 19.0. The van der Waals surface area contributed by atoms with Crippen LogP contribution in [0.3, 0.4) is 0 Å². The number of furan rings is 2.